The summed E-state index contributed by atoms with van der Waals surface area (Å²) in [6.07, 6.45) is 11.4. The van der Waals surface area contributed by atoms with Crippen LogP contribution < -0.4 is 4.74 Å². The molecule has 1 N–H and O–H groups in total. The van der Waals surface area contributed by atoms with Crippen molar-refractivity contribution in [1.29, 1.82) is 0 Å². The van der Waals surface area contributed by atoms with Gasteiger partial charge < -0.3 is 9.84 Å². The normalized spacial score (nSPS) is 45.1. The molecule has 0 radical (unpaired) electrons. The fraction of sp³-hybridized carbons (Fsp3) is 0.739. The molecule has 136 valence electrons. The number of hydrogen-bond acceptors (Lipinski definition) is 2. The van der Waals surface area contributed by atoms with E-state index < -0.39 is 0 Å². The predicted octanol–water partition coefficient (Wildman–Crippen LogP) is 5.08. The summed E-state index contributed by atoms with van der Waals surface area (Å²) in [5.41, 5.74) is 3.67. The first-order valence-electron chi connectivity index (χ1n) is 10.4. The topological polar surface area (TPSA) is 29.5 Å². The van der Waals surface area contributed by atoms with Crippen molar-refractivity contribution in [2.45, 2.75) is 76.7 Å². The summed E-state index contributed by atoms with van der Waals surface area (Å²) in [6, 6.07) is 6.79. The van der Waals surface area contributed by atoms with Crippen molar-refractivity contribution in [3.63, 3.8) is 0 Å². The monoisotopic (exact) mass is 340 g/mol. The molecular formula is C23H32O2. The largest absolute Gasteiger partial charge is 0.497 e. The highest BCUT2D eigenvalue weighted by atomic mass is 16.5. The molecule has 1 spiro atoms. The highest BCUT2D eigenvalue weighted by Crippen LogP contribution is 2.73. The molecule has 2 heteroatoms. The molecule has 0 bridgehead atoms. The van der Waals surface area contributed by atoms with E-state index in [0.29, 0.717) is 11.3 Å². The van der Waals surface area contributed by atoms with Gasteiger partial charge in [0, 0.05) is 0 Å². The van der Waals surface area contributed by atoms with Gasteiger partial charge in [-0.05, 0) is 96.8 Å². The van der Waals surface area contributed by atoms with Crippen molar-refractivity contribution < 1.29 is 9.84 Å². The summed E-state index contributed by atoms with van der Waals surface area (Å²) in [6.45, 7) is 2.45. The van der Waals surface area contributed by atoms with E-state index in [1.165, 1.54) is 56.9 Å². The Kier molecular flexibility index (Phi) is 3.55. The average molecular weight is 341 g/mol. The fourth-order valence-corrected chi connectivity index (χ4v) is 7.95. The summed E-state index contributed by atoms with van der Waals surface area (Å²) in [7, 11) is 1.77. The number of hydrogen-bond donors (Lipinski definition) is 1. The zero-order chi connectivity index (χ0) is 17.2. The molecule has 3 saturated carbocycles. The molecule has 0 amide bonds. The Labute approximate surface area is 152 Å². The minimum atomic E-state index is -0.0752. The van der Waals surface area contributed by atoms with Crippen LogP contribution in [0.4, 0.5) is 0 Å². The minimum absolute atomic E-state index is 0.0752. The molecule has 0 heterocycles. The Morgan fingerprint density at radius 1 is 1.12 bits per heavy atom. The summed E-state index contributed by atoms with van der Waals surface area (Å²) in [5.74, 6) is 3.24. The fourth-order valence-electron chi connectivity index (χ4n) is 7.95. The first-order chi connectivity index (χ1) is 12.1. The minimum Gasteiger partial charge on any atom is -0.497 e. The van der Waals surface area contributed by atoms with Gasteiger partial charge in [-0.15, -0.1) is 0 Å². The molecule has 6 atom stereocenters. The Morgan fingerprint density at radius 2 is 2.00 bits per heavy atom. The van der Waals surface area contributed by atoms with E-state index in [-0.39, 0.29) is 11.5 Å². The van der Waals surface area contributed by atoms with Gasteiger partial charge in [0.25, 0.3) is 0 Å². The van der Waals surface area contributed by atoms with Crippen molar-refractivity contribution in [2.75, 3.05) is 7.11 Å². The van der Waals surface area contributed by atoms with Gasteiger partial charge in [-0.1, -0.05) is 25.8 Å². The second kappa shape index (κ2) is 5.49. The lowest BCUT2D eigenvalue weighted by Gasteiger charge is -2.61. The maximum atomic E-state index is 11.0. The number of benzene rings is 1. The van der Waals surface area contributed by atoms with Crippen molar-refractivity contribution >= 4 is 0 Å². The van der Waals surface area contributed by atoms with Crippen LogP contribution in [-0.4, -0.2) is 18.3 Å². The summed E-state index contributed by atoms with van der Waals surface area (Å²) in [4.78, 5) is 0. The summed E-state index contributed by atoms with van der Waals surface area (Å²) in [5, 5.41) is 11.0. The number of aliphatic hydroxyl groups is 1. The molecule has 4 aliphatic rings. The maximum Gasteiger partial charge on any atom is 0.119 e. The molecule has 0 aliphatic heterocycles. The van der Waals surface area contributed by atoms with Crippen molar-refractivity contribution in [3.8, 4) is 5.75 Å². The Balaban J connectivity index is 1.60. The highest BCUT2D eigenvalue weighted by Gasteiger charge is 2.68. The SMILES string of the molecule is COc1ccc2c(c1)CC[C@@H]1[C@@H]2CC[C@]2(C)[C@H](O)C[C@H]3CCCC[C@@]312. The Bertz CT molecular complexity index is 683. The van der Waals surface area contributed by atoms with E-state index in [0.717, 1.165) is 24.0 Å². The van der Waals surface area contributed by atoms with E-state index >= 15 is 0 Å². The lowest BCUT2D eigenvalue weighted by Crippen LogP contribution is -2.55. The number of methoxy groups -OCH3 is 1. The van der Waals surface area contributed by atoms with E-state index in [1.807, 2.05) is 0 Å². The van der Waals surface area contributed by atoms with Crippen LogP contribution in [0.25, 0.3) is 0 Å². The van der Waals surface area contributed by atoms with Gasteiger partial charge in [-0.2, -0.15) is 0 Å². The smallest absolute Gasteiger partial charge is 0.119 e. The van der Waals surface area contributed by atoms with Gasteiger partial charge in [0.1, 0.15) is 5.75 Å². The lowest BCUT2D eigenvalue weighted by molar-refractivity contribution is -0.126. The second-order valence-corrected chi connectivity index (χ2v) is 9.51. The number of aryl methyl sites for hydroxylation is 1. The molecule has 2 nitrogen and oxygen atoms in total. The second-order valence-electron chi connectivity index (χ2n) is 9.51. The van der Waals surface area contributed by atoms with Gasteiger partial charge >= 0.3 is 0 Å². The molecule has 3 fully saturated rings. The third-order valence-electron chi connectivity index (χ3n) is 9.02. The average Bonchev–Trinajstić information content (AvgIpc) is 2.88. The van der Waals surface area contributed by atoms with Gasteiger partial charge in [0.2, 0.25) is 0 Å². The van der Waals surface area contributed by atoms with E-state index in [1.54, 1.807) is 12.7 Å². The van der Waals surface area contributed by atoms with Crippen molar-refractivity contribution in [1.82, 2.24) is 0 Å². The van der Waals surface area contributed by atoms with Crippen LogP contribution in [0.2, 0.25) is 0 Å². The van der Waals surface area contributed by atoms with Gasteiger partial charge in [0.05, 0.1) is 13.2 Å². The third kappa shape index (κ3) is 1.95. The third-order valence-corrected chi connectivity index (χ3v) is 9.02. The maximum absolute atomic E-state index is 11.0. The van der Waals surface area contributed by atoms with Crippen molar-refractivity contribution in [3.05, 3.63) is 29.3 Å². The zero-order valence-electron chi connectivity index (χ0n) is 15.8. The van der Waals surface area contributed by atoms with Crippen LogP contribution >= 0.6 is 0 Å². The van der Waals surface area contributed by atoms with Crippen LogP contribution in [0.1, 0.15) is 75.3 Å². The quantitative estimate of drug-likeness (QED) is 0.772. The first-order valence-corrected chi connectivity index (χ1v) is 10.4. The molecule has 25 heavy (non-hydrogen) atoms. The summed E-state index contributed by atoms with van der Waals surface area (Å²) < 4.78 is 5.47. The highest BCUT2D eigenvalue weighted by molar-refractivity contribution is 5.41. The molecule has 1 aromatic rings. The molecule has 1 aromatic carbocycles. The Morgan fingerprint density at radius 3 is 2.84 bits per heavy atom. The van der Waals surface area contributed by atoms with Gasteiger partial charge in [-0.25, -0.2) is 0 Å². The number of aliphatic hydroxyl groups excluding tert-OH is 1. The molecule has 0 saturated heterocycles. The standard InChI is InChI=1S/C23H32O2/c1-22-12-10-19-18-8-7-17(25-2)13-15(18)6-9-20(19)23(22)11-4-3-5-16(23)14-21(22)24/h7-8,13,16,19-21,24H,3-6,9-12,14H2,1-2H3/t16-,19-,20-,21-,22-,23-/m1/s1. The molecule has 0 unspecified atom stereocenters. The zero-order valence-corrected chi connectivity index (χ0v) is 15.8. The molecule has 4 aliphatic carbocycles. The number of rotatable bonds is 1. The lowest BCUT2D eigenvalue weighted by atomic mass is 9.43. The van der Waals surface area contributed by atoms with Crippen LogP contribution in [0.15, 0.2) is 18.2 Å². The van der Waals surface area contributed by atoms with Crippen LogP contribution in [0.5, 0.6) is 5.75 Å². The number of ether oxygens (including phenoxy) is 1. The molecule has 5 rings (SSSR count). The first kappa shape index (κ1) is 16.2. The summed E-state index contributed by atoms with van der Waals surface area (Å²) >= 11 is 0. The number of fused-ring (bicyclic) bond motifs is 3. The predicted molar refractivity (Wildman–Crippen MR) is 99.9 cm³/mol. The van der Waals surface area contributed by atoms with E-state index in [4.69, 9.17) is 4.74 Å². The van der Waals surface area contributed by atoms with E-state index in [9.17, 15) is 5.11 Å². The van der Waals surface area contributed by atoms with Gasteiger partial charge in [0.15, 0.2) is 0 Å². The van der Waals surface area contributed by atoms with Gasteiger partial charge in [-0.3, -0.25) is 0 Å². The van der Waals surface area contributed by atoms with Crippen molar-refractivity contribution in [2.24, 2.45) is 22.7 Å². The molecular weight excluding hydrogens is 308 g/mol. The van der Waals surface area contributed by atoms with Crippen LogP contribution in [0, 0.1) is 22.7 Å². The molecule has 0 aromatic heterocycles. The van der Waals surface area contributed by atoms with Crippen LogP contribution in [-0.2, 0) is 6.42 Å². The Hall–Kier alpha value is -1.02. The van der Waals surface area contributed by atoms with Crippen LogP contribution in [0.3, 0.4) is 0 Å². The van der Waals surface area contributed by atoms with E-state index in [2.05, 4.69) is 25.1 Å².